The van der Waals surface area contributed by atoms with Crippen molar-refractivity contribution < 1.29 is 9.28 Å². The van der Waals surface area contributed by atoms with Gasteiger partial charge in [0.2, 0.25) is 5.91 Å². The van der Waals surface area contributed by atoms with Gasteiger partial charge in [0.1, 0.15) is 0 Å². The lowest BCUT2D eigenvalue weighted by Crippen LogP contribution is -2.42. The second kappa shape index (κ2) is 18.5. The van der Waals surface area contributed by atoms with E-state index in [4.69, 9.17) is 0 Å². The van der Waals surface area contributed by atoms with Gasteiger partial charge in [-0.25, -0.2) is 0 Å². The molecule has 0 aromatic rings. The van der Waals surface area contributed by atoms with Gasteiger partial charge in [-0.1, -0.05) is 90.6 Å². The Morgan fingerprint density at radius 3 is 1.59 bits per heavy atom. The van der Waals surface area contributed by atoms with E-state index in [1.54, 1.807) is 0 Å². The summed E-state index contributed by atoms with van der Waals surface area (Å²) in [5, 5.41) is 2.86. The Balaban J connectivity index is 3.32. The summed E-state index contributed by atoms with van der Waals surface area (Å²) < 4.78 is 1.06. The minimum atomic E-state index is -0.0627. The van der Waals surface area contributed by atoms with Crippen LogP contribution in [0.2, 0.25) is 0 Å². The molecular formula is C24H49N2O+. The van der Waals surface area contributed by atoms with Gasteiger partial charge in [0.05, 0.1) is 27.2 Å². The van der Waals surface area contributed by atoms with Crippen molar-refractivity contribution in [2.45, 2.75) is 103 Å². The van der Waals surface area contributed by atoms with Crippen molar-refractivity contribution in [3.05, 3.63) is 12.7 Å². The Morgan fingerprint density at radius 1 is 0.741 bits per heavy atom. The molecule has 0 aliphatic heterocycles. The van der Waals surface area contributed by atoms with Crippen LogP contribution in [0.1, 0.15) is 103 Å². The van der Waals surface area contributed by atoms with Crippen molar-refractivity contribution in [1.82, 2.24) is 5.32 Å². The topological polar surface area (TPSA) is 29.1 Å². The van der Waals surface area contributed by atoms with Crippen molar-refractivity contribution in [3.63, 3.8) is 0 Å². The fourth-order valence-electron chi connectivity index (χ4n) is 3.64. The molecule has 0 aliphatic carbocycles. The van der Waals surface area contributed by atoms with Crippen molar-refractivity contribution in [2.75, 3.05) is 33.7 Å². The third-order valence-corrected chi connectivity index (χ3v) is 5.54. The summed E-state index contributed by atoms with van der Waals surface area (Å²) in [6, 6.07) is 0. The first-order valence-corrected chi connectivity index (χ1v) is 11.7. The number of quaternary nitrogens is 1. The van der Waals surface area contributed by atoms with Gasteiger partial charge in [-0.05, 0) is 18.9 Å². The number of nitrogens with one attached hydrogen (secondary N) is 1. The molecule has 27 heavy (non-hydrogen) atoms. The minimum absolute atomic E-state index is 0.0627. The van der Waals surface area contributed by atoms with Crippen molar-refractivity contribution in [1.29, 1.82) is 0 Å². The maximum absolute atomic E-state index is 11.1. The van der Waals surface area contributed by atoms with Crippen LogP contribution in [0.3, 0.4) is 0 Å². The van der Waals surface area contributed by atoms with Crippen LogP contribution in [0.4, 0.5) is 0 Å². The van der Waals surface area contributed by atoms with E-state index in [1.165, 1.54) is 103 Å². The van der Waals surface area contributed by atoms with Gasteiger partial charge in [0.25, 0.3) is 0 Å². The number of rotatable bonds is 20. The Morgan fingerprint density at radius 2 is 1.15 bits per heavy atom. The van der Waals surface area contributed by atoms with Crippen LogP contribution in [0, 0.1) is 0 Å². The highest BCUT2D eigenvalue weighted by molar-refractivity contribution is 5.86. The van der Waals surface area contributed by atoms with Crippen LogP contribution >= 0.6 is 0 Å². The Labute approximate surface area is 170 Å². The van der Waals surface area contributed by atoms with Gasteiger partial charge in [-0.3, -0.25) is 4.79 Å². The predicted octanol–water partition coefficient (Wildman–Crippen LogP) is 6.24. The highest BCUT2D eigenvalue weighted by Gasteiger charge is 2.13. The first kappa shape index (κ1) is 26.2. The molecule has 0 fully saturated rings. The molecule has 0 aromatic carbocycles. The number of carbonyl (C=O) groups is 1. The molecule has 0 aromatic heterocycles. The van der Waals surface area contributed by atoms with E-state index >= 15 is 0 Å². The van der Waals surface area contributed by atoms with Gasteiger partial charge in [0.15, 0.2) is 0 Å². The SMILES string of the molecule is C=CC(=O)NCCC[N+](C)(C)CCCCCCCCCCCCCCCC. The zero-order valence-electron chi connectivity index (χ0n) is 18.9. The summed E-state index contributed by atoms with van der Waals surface area (Å²) in [5.41, 5.74) is 0. The fraction of sp³-hybridized carbons (Fsp3) is 0.875. The van der Waals surface area contributed by atoms with E-state index in [2.05, 4.69) is 32.9 Å². The quantitative estimate of drug-likeness (QED) is 0.151. The summed E-state index contributed by atoms with van der Waals surface area (Å²) >= 11 is 0. The maximum Gasteiger partial charge on any atom is 0.243 e. The number of hydrogen-bond acceptors (Lipinski definition) is 1. The van der Waals surface area contributed by atoms with Crippen LogP contribution in [0.15, 0.2) is 12.7 Å². The molecule has 3 heteroatoms. The molecule has 0 rings (SSSR count). The maximum atomic E-state index is 11.1. The molecule has 0 spiro atoms. The van der Waals surface area contributed by atoms with Crippen LogP contribution in [-0.2, 0) is 4.79 Å². The molecule has 3 nitrogen and oxygen atoms in total. The standard InChI is InChI=1S/C24H48N2O/c1-5-7-8-9-10-11-12-13-14-15-16-17-18-19-22-26(3,4)23-20-21-25-24(27)6-2/h6H,2,5,7-23H2,1,3-4H3/p+1. The van der Waals surface area contributed by atoms with Crippen LogP contribution in [-0.4, -0.2) is 44.1 Å². The third kappa shape index (κ3) is 19.7. The smallest absolute Gasteiger partial charge is 0.243 e. The van der Waals surface area contributed by atoms with Gasteiger partial charge in [-0.2, -0.15) is 0 Å². The average molecular weight is 382 g/mol. The van der Waals surface area contributed by atoms with E-state index in [0.717, 1.165) is 24.0 Å². The lowest BCUT2D eigenvalue weighted by Gasteiger charge is -2.30. The molecule has 0 atom stereocenters. The van der Waals surface area contributed by atoms with E-state index < -0.39 is 0 Å². The summed E-state index contributed by atoms with van der Waals surface area (Å²) in [6.07, 6.45) is 22.2. The Hall–Kier alpha value is -0.830. The molecule has 0 saturated heterocycles. The van der Waals surface area contributed by atoms with Crippen LogP contribution in [0.25, 0.3) is 0 Å². The number of unbranched alkanes of at least 4 members (excludes halogenated alkanes) is 13. The number of hydrogen-bond donors (Lipinski definition) is 1. The van der Waals surface area contributed by atoms with Gasteiger partial charge in [-0.15, -0.1) is 0 Å². The molecular weight excluding hydrogens is 332 g/mol. The summed E-state index contributed by atoms with van der Waals surface area (Å²) in [7, 11) is 4.61. The van der Waals surface area contributed by atoms with E-state index in [-0.39, 0.29) is 5.91 Å². The number of nitrogens with zero attached hydrogens (tertiary/aromatic N) is 1. The van der Waals surface area contributed by atoms with E-state index in [9.17, 15) is 4.79 Å². The molecule has 0 saturated carbocycles. The normalized spacial score (nSPS) is 11.5. The molecule has 160 valence electrons. The average Bonchev–Trinajstić information content (AvgIpc) is 2.65. The van der Waals surface area contributed by atoms with E-state index in [0.29, 0.717) is 0 Å². The molecule has 0 unspecified atom stereocenters. The predicted molar refractivity (Wildman–Crippen MR) is 120 cm³/mol. The summed E-state index contributed by atoms with van der Waals surface area (Å²) in [5.74, 6) is -0.0627. The van der Waals surface area contributed by atoms with Crippen molar-refractivity contribution in [2.24, 2.45) is 0 Å². The van der Waals surface area contributed by atoms with E-state index in [1.807, 2.05) is 0 Å². The van der Waals surface area contributed by atoms with Gasteiger partial charge < -0.3 is 9.80 Å². The number of amides is 1. The first-order chi connectivity index (χ1) is 13.0. The summed E-state index contributed by atoms with van der Waals surface area (Å²) in [4.78, 5) is 11.1. The largest absolute Gasteiger partial charge is 0.352 e. The van der Waals surface area contributed by atoms with Crippen molar-refractivity contribution in [3.8, 4) is 0 Å². The highest BCUT2D eigenvalue weighted by Crippen LogP contribution is 2.13. The molecule has 0 heterocycles. The summed E-state index contributed by atoms with van der Waals surface area (Å²) in [6.45, 7) is 8.88. The first-order valence-electron chi connectivity index (χ1n) is 11.7. The van der Waals surface area contributed by atoms with Crippen LogP contribution in [0.5, 0.6) is 0 Å². The lowest BCUT2D eigenvalue weighted by molar-refractivity contribution is -0.890. The Bertz CT molecular complexity index is 352. The van der Waals surface area contributed by atoms with Gasteiger partial charge in [0, 0.05) is 13.0 Å². The van der Waals surface area contributed by atoms with Crippen molar-refractivity contribution >= 4 is 5.91 Å². The second-order valence-corrected chi connectivity index (χ2v) is 8.83. The van der Waals surface area contributed by atoms with Crippen LogP contribution < -0.4 is 5.32 Å². The number of carbonyl (C=O) groups excluding carboxylic acids is 1. The lowest BCUT2D eigenvalue weighted by atomic mass is 10.0. The fourth-order valence-corrected chi connectivity index (χ4v) is 3.64. The minimum Gasteiger partial charge on any atom is -0.352 e. The second-order valence-electron chi connectivity index (χ2n) is 8.83. The molecule has 0 aliphatic rings. The highest BCUT2D eigenvalue weighted by atomic mass is 16.1. The zero-order chi connectivity index (χ0) is 20.2. The molecule has 0 radical (unpaired) electrons. The molecule has 1 amide bonds. The Kier molecular flexibility index (Phi) is 18.0. The van der Waals surface area contributed by atoms with Gasteiger partial charge >= 0.3 is 0 Å². The zero-order valence-corrected chi connectivity index (χ0v) is 18.9. The molecule has 0 bridgehead atoms. The monoisotopic (exact) mass is 381 g/mol. The molecule has 1 N–H and O–H groups in total. The third-order valence-electron chi connectivity index (χ3n) is 5.54.